The molecule has 0 bridgehead atoms. The van der Waals surface area contributed by atoms with Crippen molar-refractivity contribution in [3.63, 3.8) is 0 Å². The van der Waals surface area contributed by atoms with E-state index in [0.717, 1.165) is 31.5 Å². The molecule has 0 amide bonds. The van der Waals surface area contributed by atoms with Gasteiger partial charge < -0.3 is 10.6 Å². The SMILES string of the molecule is CN1CCCC(CNS(=O)(=O)c2ccc(CN)cc2Cl)C1. The Hall–Kier alpha value is -0.660. The Morgan fingerprint density at radius 3 is 2.86 bits per heavy atom. The van der Waals surface area contributed by atoms with Gasteiger partial charge in [-0.2, -0.15) is 0 Å². The van der Waals surface area contributed by atoms with Crippen LogP contribution in [0.15, 0.2) is 23.1 Å². The Morgan fingerprint density at radius 2 is 2.24 bits per heavy atom. The Bertz CT molecular complexity index is 592. The maximum atomic E-state index is 12.3. The Morgan fingerprint density at radius 1 is 1.48 bits per heavy atom. The van der Waals surface area contributed by atoms with Crippen LogP contribution in [-0.4, -0.2) is 40.0 Å². The molecule has 3 N–H and O–H groups in total. The minimum absolute atomic E-state index is 0.116. The molecule has 1 aliphatic rings. The molecule has 5 nitrogen and oxygen atoms in total. The Balaban J connectivity index is 2.04. The molecule has 0 radical (unpaired) electrons. The number of halogens is 1. The number of piperidine rings is 1. The van der Waals surface area contributed by atoms with Crippen molar-refractivity contribution >= 4 is 21.6 Å². The summed E-state index contributed by atoms with van der Waals surface area (Å²) in [6.45, 7) is 2.78. The first-order valence-electron chi connectivity index (χ1n) is 7.09. The second-order valence-corrected chi connectivity index (χ2v) is 7.73. The minimum Gasteiger partial charge on any atom is -0.326 e. The van der Waals surface area contributed by atoms with Gasteiger partial charge in [-0.15, -0.1) is 0 Å². The third-order valence-electron chi connectivity index (χ3n) is 3.81. The van der Waals surface area contributed by atoms with Crippen molar-refractivity contribution in [2.45, 2.75) is 24.3 Å². The molecule has 1 unspecified atom stereocenters. The van der Waals surface area contributed by atoms with Crippen LogP contribution >= 0.6 is 11.6 Å². The average molecular weight is 332 g/mol. The van der Waals surface area contributed by atoms with Gasteiger partial charge >= 0.3 is 0 Å². The van der Waals surface area contributed by atoms with Crippen LogP contribution in [0.25, 0.3) is 0 Å². The minimum atomic E-state index is -3.57. The highest BCUT2D eigenvalue weighted by Crippen LogP contribution is 2.23. The number of rotatable bonds is 5. The van der Waals surface area contributed by atoms with Gasteiger partial charge in [-0.1, -0.05) is 17.7 Å². The van der Waals surface area contributed by atoms with Crippen LogP contribution in [0, 0.1) is 5.92 Å². The molecule has 1 heterocycles. The molecule has 1 saturated heterocycles. The molecule has 0 saturated carbocycles. The van der Waals surface area contributed by atoms with Crippen molar-refractivity contribution in [1.82, 2.24) is 9.62 Å². The van der Waals surface area contributed by atoms with Crippen LogP contribution in [0.2, 0.25) is 5.02 Å². The van der Waals surface area contributed by atoms with E-state index in [1.807, 2.05) is 0 Å². The lowest BCUT2D eigenvalue weighted by molar-refractivity contribution is 0.211. The molecular weight excluding hydrogens is 310 g/mol. The van der Waals surface area contributed by atoms with Gasteiger partial charge in [0.1, 0.15) is 4.90 Å². The summed E-state index contributed by atoms with van der Waals surface area (Å²) in [6, 6.07) is 4.80. The first-order valence-corrected chi connectivity index (χ1v) is 8.95. The quantitative estimate of drug-likeness (QED) is 0.855. The van der Waals surface area contributed by atoms with Gasteiger partial charge in [0.2, 0.25) is 10.0 Å². The van der Waals surface area contributed by atoms with E-state index in [9.17, 15) is 8.42 Å². The second-order valence-electron chi connectivity index (χ2n) is 5.59. The van der Waals surface area contributed by atoms with Gasteiger partial charge in [0.15, 0.2) is 0 Å². The molecule has 0 spiro atoms. The predicted molar refractivity (Wildman–Crippen MR) is 84.8 cm³/mol. The lowest BCUT2D eigenvalue weighted by Crippen LogP contribution is -2.39. The van der Waals surface area contributed by atoms with E-state index in [1.165, 1.54) is 6.07 Å². The van der Waals surface area contributed by atoms with Crippen molar-refractivity contribution in [3.8, 4) is 0 Å². The van der Waals surface area contributed by atoms with E-state index in [2.05, 4.69) is 16.7 Å². The summed E-state index contributed by atoms with van der Waals surface area (Å²) in [5, 5.41) is 0.214. The molecule has 118 valence electrons. The van der Waals surface area contributed by atoms with E-state index in [4.69, 9.17) is 17.3 Å². The third kappa shape index (κ3) is 4.40. The van der Waals surface area contributed by atoms with Gasteiger partial charge in [0.05, 0.1) is 5.02 Å². The summed E-state index contributed by atoms with van der Waals surface area (Å²) in [6.07, 6.45) is 2.15. The van der Waals surface area contributed by atoms with Gasteiger partial charge in [0, 0.05) is 19.6 Å². The first-order chi connectivity index (χ1) is 9.92. The zero-order valence-corrected chi connectivity index (χ0v) is 13.8. The predicted octanol–water partition coefficient (Wildman–Crippen LogP) is 1.42. The molecule has 1 fully saturated rings. The van der Waals surface area contributed by atoms with E-state index in [-0.39, 0.29) is 9.92 Å². The smallest absolute Gasteiger partial charge is 0.242 e. The number of hydrogen-bond donors (Lipinski definition) is 2. The third-order valence-corrected chi connectivity index (χ3v) is 5.71. The molecular formula is C14H22ClN3O2S. The van der Waals surface area contributed by atoms with Crippen molar-refractivity contribution in [3.05, 3.63) is 28.8 Å². The summed E-state index contributed by atoms with van der Waals surface area (Å²) in [7, 11) is -1.52. The molecule has 7 heteroatoms. The molecule has 0 aliphatic carbocycles. The molecule has 1 atom stereocenters. The summed E-state index contributed by atoms with van der Waals surface area (Å²) >= 11 is 6.05. The first kappa shape index (κ1) is 16.7. The molecule has 2 rings (SSSR count). The monoisotopic (exact) mass is 331 g/mol. The summed E-state index contributed by atoms with van der Waals surface area (Å²) in [5.74, 6) is 0.348. The van der Waals surface area contributed by atoms with Crippen LogP contribution in [0.3, 0.4) is 0 Å². The Kier molecular flexibility index (Phi) is 5.62. The molecule has 1 aliphatic heterocycles. The molecule has 1 aromatic rings. The topological polar surface area (TPSA) is 75.4 Å². The van der Waals surface area contributed by atoms with E-state index in [0.29, 0.717) is 19.0 Å². The number of sulfonamides is 1. The molecule has 1 aromatic carbocycles. The van der Waals surface area contributed by atoms with Crippen LogP contribution in [0.5, 0.6) is 0 Å². The highest BCUT2D eigenvalue weighted by molar-refractivity contribution is 7.89. The van der Waals surface area contributed by atoms with Crippen LogP contribution in [0.4, 0.5) is 0 Å². The normalized spacial score (nSPS) is 20.6. The lowest BCUT2D eigenvalue weighted by atomic mass is 9.99. The van der Waals surface area contributed by atoms with Gasteiger partial charge in [-0.3, -0.25) is 0 Å². The highest BCUT2D eigenvalue weighted by atomic mass is 35.5. The summed E-state index contributed by atoms with van der Waals surface area (Å²) in [5.41, 5.74) is 6.33. The number of benzene rings is 1. The van der Waals surface area contributed by atoms with Crippen molar-refractivity contribution in [2.24, 2.45) is 11.7 Å². The van der Waals surface area contributed by atoms with E-state index >= 15 is 0 Å². The van der Waals surface area contributed by atoms with Crippen LogP contribution < -0.4 is 10.5 Å². The zero-order chi connectivity index (χ0) is 15.5. The van der Waals surface area contributed by atoms with Crippen LogP contribution in [-0.2, 0) is 16.6 Å². The maximum absolute atomic E-state index is 12.3. The largest absolute Gasteiger partial charge is 0.326 e. The van der Waals surface area contributed by atoms with Crippen LogP contribution in [0.1, 0.15) is 18.4 Å². The zero-order valence-electron chi connectivity index (χ0n) is 12.2. The number of nitrogens with zero attached hydrogens (tertiary/aromatic N) is 1. The summed E-state index contributed by atoms with van der Waals surface area (Å²) in [4.78, 5) is 2.34. The average Bonchev–Trinajstić information content (AvgIpc) is 2.45. The maximum Gasteiger partial charge on any atom is 0.242 e. The van der Waals surface area contributed by atoms with Gasteiger partial charge in [-0.25, -0.2) is 13.1 Å². The number of likely N-dealkylation sites (tertiary alicyclic amines) is 1. The number of nitrogens with one attached hydrogen (secondary N) is 1. The number of hydrogen-bond acceptors (Lipinski definition) is 4. The van der Waals surface area contributed by atoms with Gasteiger partial charge in [-0.05, 0) is 50.0 Å². The van der Waals surface area contributed by atoms with Crippen molar-refractivity contribution in [1.29, 1.82) is 0 Å². The van der Waals surface area contributed by atoms with E-state index in [1.54, 1.807) is 12.1 Å². The number of nitrogens with two attached hydrogens (primary N) is 1. The van der Waals surface area contributed by atoms with Crippen molar-refractivity contribution < 1.29 is 8.42 Å². The molecule has 21 heavy (non-hydrogen) atoms. The fourth-order valence-corrected chi connectivity index (χ4v) is 4.32. The van der Waals surface area contributed by atoms with Gasteiger partial charge in [0.25, 0.3) is 0 Å². The fourth-order valence-electron chi connectivity index (χ4n) is 2.63. The molecule has 0 aromatic heterocycles. The lowest BCUT2D eigenvalue weighted by Gasteiger charge is -2.29. The second kappa shape index (κ2) is 7.07. The van der Waals surface area contributed by atoms with E-state index < -0.39 is 10.0 Å². The standard InChI is InChI=1S/C14H22ClN3O2S/c1-18-6-2-3-12(10-18)9-17-21(19,20)14-5-4-11(8-16)7-13(14)15/h4-5,7,12,17H,2-3,6,8-10,16H2,1H3. The van der Waals surface area contributed by atoms with Crippen molar-refractivity contribution in [2.75, 3.05) is 26.7 Å². The summed E-state index contributed by atoms with van der Waals surface area (Å²) < 4.78 is 27.3. The fraction of sp³-hybridized carbons (Fsp3) is 0.571. The Labute approximate surface area is 131 Å². The highest BCUT2D eigenvalue weighted by Gasteiger charge is 2.22.